The van der Waals surface area contributed by atoms with E-state index < -0.39 is 97.5 Å². The first-order valence-electron chi connectivity index (χ1n) is 40.1. The number of esters is 4. The van der Waals surface area contributed by atoms with Crippen molar-refractivity contribution in [3.63, 3.8) is 0 Å². The van der Waals surface area contributed by atoms with Crippen LogP contribution in [0.3, 0.4) is 0 Å². The first-order valence-corrected chi connectivity index (χ1v) is 43.1. The highest BCUT2D eigenvalue weighted by atomic mass is 31.2. The number of carbonyl (C=O) groups is 4. The number of aliphatic hydroxyl groups is 1. The average molecular weight is 1410 g/mol. The lowest BCUT2D eigenvalue weighted by Crippen LogP contribution is -2.30. The van der Waals surface area contributed by atoms with Crippen molar-refractivity contribution in [2.45, 2.75) is 425 Å². The van der Waals surface area contributed by atoms with Gasteiger partial charge in [-0.05, 0) is 31.6 Å². The Morgan fingerprint density at radius 2 is 0.479 bits per heavy atom. The van der Waals surface area contributed by atoms with Gasteiger partial charge in [0.25, 0.3) is 0 Å². The summed E-state index contributed by atoms with van der Waals surface area (Å²) in [5.41, 5.74) is 0. The molecule has 96 heavy (non-hydrogen) atoms. The average Bonchev–Trinajstić information content (AvgIpc) is 1.60. The van der Waals surface area contributed by atoms with E-state index in [1.54, 1.807) is 0 Å². The molecule has 5 atom stereocenters. The van der Waals surface area contributed by atoms with Crippen LogP contribution >= 0.6 is 15.6 Å². The van der Waals surface area contributed by atoms with E-state index in [-0.39, 0.29) is 25.7 Å². The van der Waals surface area contributed by atoms with Crippen molar-refractivity contribution in [1.29, 1.82) is 0 Å². The monoisotopic (exact) mass is 1410 g/mol. The number of phosphoric ester groups is 2. The third-order valence-electron chi connectivity index (χ3n) is 18.0. The summed E-state index contributed by atoms with van der Waals surface area (Å²) in [4.78, 5) is 72.8. The van der Waals surface area contributed by atoms with E-state index in [1.165, 1.54) is 231 Å². The normalized spacial score (nSPS) is 13.9. The van der Waals surface area contributed by atoms with Crippen LogP contribution < -0.4 is 0 Å². The van der Waals surface area contributed by atoms with Gasteiger partial charge in [0, 0.05) is 25.7 Å². The van der Waals surface area contributed by atoms with Gasteiger partial charge < -0.3 is 33.8 Å². The molecule has 0 spiro atoms. The molecular weight excluding hydrogens is 1260 g/mol. The molecule has 3 N–H and O–H groups in total. The Kier molecular flexibility index (Phi) is 68.7. The molecule has 570 valence electrons. The maximum atomic E-state index is 13.1. The molecule has 17 nitrogen and oxygen atoms in total. The third-order valence-corrected chi connectivity index (χ3v) is 19.9. The molecule has 2 unspecified atom stereocenters. The Labute approximate surface area is 588 Å². The molecule has 0 aromatic heterocycles. The predicted molar refractivity (Wildman–Crippen MR) is 391 cm³/mol. The molecule has 0 amide bonds. The minimum absolute atomic E-state index is 0.108. The summed E-state index contributed by atoms with van der Waals surface area (Å²) in [5.74, 6) is -1.35. The van der Waals surface area contributed by atoms with Gasteiger partial charge in [0.05, 0.1) is 26.4 Å². The topological polar surface area (TPSA) is 237 Å². The molecule has 0 bridgehead atoms. The molecule has 0 saturated heterocycles. The van der Waals surface area contributed by atoms with E-state index >= 15 is 0 Å². The number of rotatable bonds is 77. The van der Waals surface area contributed by atoms with Crippen molar-refractivity contribution in [3.05, 3.63) is 0 Å². The molecule has 0 aliphatic heterocycles. The van der Waals surface area contributed by atoms with E-state index in [0.29, 0.717) is 25.7 Å². The number of hydrogen-bond acceptors (Lipinski definition) is 15. The van der Waals surface area contributed by atoms with E-state index in [4.69, 9.17) is 37.0 Å². The number of aliphatic hydroxyl groups excluding tert-OH is 1. The number of ether oxygens (including phenoxy) is 4. The molecule has 0 fully saturated rings. The minimum Gasteiger partial charge on any atom is -0.462 e. The maximum absolute atomic E-state index is 13.1. The second-order valence-electron chi connectivity index (χ2n) is 28.2. The quantitative estimate of drug-likeness (QED) is 0.0222. The van der Waals surface area contributed by atoms with E-state index in [0.717, 1.165) is 95.8 Å². The molecule has 0 aliphatic rings. The molecule has 0 aliphatic carbocycles. The second-order valence-corrected chi connectivity index (χ2v) is 31.1. The van der Waals surface area contributed by atoms with Crippen LogP contribution in [0, 0.1) is 5.92 Å². The molecule has 0 rings (SSSR count). The summed E-state index contributed by atoms with van der Waals surface area (Å²) >= 11 is 0. The van der Waals surface area contributed by atoms with Crippen LogP contribution in [0.5, 0.6) is 0 Å². The number of carbonyl (C=O) groups excluding carboxylic acids is 4. The predicted octanol–water partition coefficient (Wildman–Crippen LogP) is 22.9. The SMILES string of the molecule is CCCCCCCCCCCCCCCCCCCCCC(=O)O[C@H](COC(=O)CCCCCCCCCCCCC(C)C)COP(=O)(O)OC[C@@H](O)COP(=O)(O)OC[C@@H](COC(=O)CCCCCCCCCCCCC)OC(=O)CCCCCCCCCCCCCCC. The van der Waals surface area contributed by atoms with Gasteiger partial charge in [0.1, 0.15) is 19.3 Å². The summed E-state index contributed by atoms with van der Waals surface area (Å²) in [5, 5.41) is 10.6. The largest absolute Gasteiger partial charge is 0.472 e. The van der Waals surface area contributed by atoms with Crippen molar-refractivity contribution in [3.8, 4) is 0 Å². The van der Waals surface area contributed by atoms with Crippen LogP contribution in [-0.2, 0) is 65.4 Å². The smallest absolute Gasteiger partial charge is 0.462 e. The fraction of sp³-hybridized carbons (Fsp3) is 0.948. The van der Waals surface area contributed by atoms with E-state index in [2.05, 4.69) is 34.6 Å². The molecule has 0 aromatic rings. The zero-order valence-corrected chi connectivity index (χ0v) is 64.3. The first kappa shape index (κ1) is 94.1. The van der Waals surface area contributed by atoms with Crippen LogP contribution in [0.1, 0.15) is 407 Å². The Bertz CT molecular complexity index is 1840. The van der Waals surface area contributed by atoms with Crippen molar-refractivity contribution in [2.75, 3.05) is 39.6 Å². The highest BCUT2D eigenvalue weighted by Crippen LogP contribution is 2.45. The van der Waals surface area contributed by atoms with Crippen LogP contribution in [0.2, 0.25) is 0 Å². The van der Waals surface area contributed by atoms with Crippen LogP contribution in [0.25, 0.3) is 0 Å². The lowest BCUT2D eigenvalue weighted by atomic mass is 10.0. The van der Waals surface area contributed by atoms with Crippen LogP contribution in [-0.4, -0.2) is 96.7 Å². The standard InChI is InChI=1S/C77H150O17P2/c1-6-9-12-15-18-21-24-26-27-28-29-30-31-33-36-43-48-53-58-63-77(82)94-73(67-88-75(80)61-56-51-46-41-38-37-39-44-49-54-59-70(4)5)69-92-96(85,86)90-65-71(78)64-89-95(83,84)91-68-72(66-87-74(79)60-55-50-45-40-34-23-20-17-14-11-8-3)93-76(81)62-57-52-47-42-35-32-25-22-19-16-13-10-7-2/h70-73,78H,6-69H2,1-5H3,(H,83,84)(H,85,86)/t71-,72+,73+/m0/s1. The summed E-state index contributed by atoms with van der Waals surface area (Å²) in [6.45, 7) is 7.30. The van der Waals surface area contributed by atoms with E-state index in [1.807, 2.05) is 0 Å². The molecular formula is C77H150O17P2. The van der Waals surface area contributed by atoms with Crippen molar-refractivity contribution >= 4 is 39.5 Å². The van der Waals surface area contributed by atoms with Crippen LogP contribution in [0.4, 0.5) is 0 Å². The lowest BCUT2D eigenvalue weighted by Gasteiger charge is -2.21. The molecule has 0 aromatic carbocycles. The van der Waals surface area contributed by atoms with E-state index in [9.17, 15) is 43.2 Å². The van der Waals surface area contributed by atoms with Crippen molar-refractivity contribution < 1.29 is 80.2 Å². The number of hydrogen-bond donors (Lipinski definition) is 3. The Morgan fingerprint density at radius 3 is 0.708 bits per heavy atom. The van der Waals surface area contributed by atoms with Gasteiger partial charge in [-0.15, -0.1) is 0 Å². The fourth-order valence-electron chi connectivity index (χ4n) is 11.9. The Balaban J connectivity index is 5.23. The highest BCUT2D eigenvalue weighted by Gasteiger charge is 2.30. The molecule has 19 heteroatoms. The van der Waals surface area contributed by atoms with Gasteiger partial charge in [-0.2, -0.15) is 0 Å². The molecule has 0 heterocycles. The first-order chi connectivity index (χ1) is 46.5. The van der Waals surface area contributed by atoms with Gasteiger partial charge in [0.15, 0.2) is 12.2 Å². The summed E-state index contributed by atoms with van der Waals surface area (Å²) < 4.78 is 68.6. The number of unbranched alkanes of at least 4 members (excludes halogenated alkanes) is 49. The van der Waals surface area contributed by atoms with Gasteiger partial charge in [-0.25, -0.2) is 9.13 Å². The molecule has 0 radical (unpaired) electrons. The Morgan fingerprint density at radius 1 is 0.281 bits per heavy atom. The number of phosphoric acid groups is 2. The van der Waals surface area contributed by atoms with Crippen molar-refractivity contribution in [1.82, 2.24) is 0 Å². The van der Waals surface area contributed by atoms with Gasteiger partial charge >= 0.3 is 39.5 Å². The van der Waals surface area contributed by atoms with Gasteiger partial charge in [0.2, 0.25) is 0 Å². The maximum Gasteiger partial charge on any atom is 0.472 e. The third kappa shape index (κ3) is 70.5. The highest BCUT2D eigenvalue weighted by molar-refractivity contribution is 7.47. The summed E-state index contributed by atoms with van der Waals surface area (Å²) in [7, 11) is -9.91. The molecule has 0 saturated carbocycles. The second kappa shape index (κ2) is 70.1. The van der Waals surface area contributed by atoms with Crippen LogP contribution in [0.15, 0.2) is 0 Å². The summed E-state index contributed by atoms with van der Waals surface area (Å²) in [6.07, 6.45) is 59.5. The fourth-order valence-corrected chi connectivity index (χ4v) is 13.5. The lowest BCUT2D eigenvalue weighted by molar-refractivity contribution is -0.161. The summed E-state index contributed by atoms with van der Waals surface area (Å²) in [6, 6.07) is 0. The van der Waals surface area contributed by atoms with Gasteiger partial charge in [-0.3, -0.25) is 37.3 Å². The van der Waals surface area contributed by atoms with Crippen molar-refractivity contribution in [2.24, 2.45) is 5.92 Å². The van der Waals surface area contributed by atoms with Gasteiger partial charge in [-0.1, -0.05) is 356 Å². The zero-order valence-electron chi connectivity index (χ0n) is 62.5. The Hall–Kier alpha value is -1.94. The minimum atomic E-state index is -4.96. The zero-order chi connectivity index (χ0) is 70.5.